The summed E-state index contributed by atoms with van der Waals surface area (Å²) in [4.78, 5) is 0. The Balaban J connectivity index is 3.60. The molecule has 7 heavy (non-hydrogen) atoms. The summed E-state index contributed by atoms with van der Waals surface area (Å²) in [6, 6.07) is 0. The zero-order valence-electron chi connectivity index (χ0n) is 3.75. The van der Waals surface area contributed by atoms with Crippen LogP contribution in [-0.2, 0) is 19.1 Å². The minimum absolute atomic E-state index is 0.0914. The van der Waals surface area contributed by atoms with E-state index in [0.717, 1.165) is 0 Å². The lowest BCUT2D eigenvalue weighted by Crippen LogP contribution is -1.99. The minimum Gasteiger partial charge on any atom is -0.247 e. The lowest BCUT2D eigenvalue weighted by atomic mass is 10.9. The molecule has 0 heterocycles. The van der Waals surface area contributed by atoms with Gasteiger partial charge >= 0.3 is 10.4 Å². The second-order valence-electron chi connectivity index (χ2n) is 0.815. The Labute approximate surface area is 42.1 Å². The third-order valence-corrected chi connectivity index (χ3v) is 0.787. The average Bonchev–Trinajstić information content (AvgIpc) is 1.30. The maximum absolute atomic E-state index is 9.45. The van der Waals surface area contributed by atoms with Crippen molar-refractivity contribution in [2.24, 2.45) is 0 Å². The van der Waals surface area contributed by atoms with Gasteiger partial charge in [0.05, 0.1) is 6.61 Å². The quantitative estimate of drug-likeness (QED) is 0.509. The van der Waals surface area contributed by atoms with E-state index >= 15 is 0 Å². The lowest BCUT2D eigenvalue weighted by Gasteiger charge is -1.86. The summed E-state index contributed by atoms with van der Waals surface area (Å²) in [6.07, 6.45) is 0. The van der Waals surface area contributed by atoms with Gasteiger partial charge in [0.15, 0.2) is 0 Å². The van der Waals surface area contributed by atoms with Crippen LogP contribution < -0.4 is 0 Å². The van der Waals surface area contributed by atoms with Crippen molar-refractivity contribution in [3.8, 4) is 0 Å². The van der Waals surface area contributed by atoms with Gasteiger partial charge < -0.3 is 0 Å². The second kappa shape index (κ2) is 2.25. The van der Waals surface area contributed by atoms with Crippen molar-refractivity contribution in [2.75, 3.05) is 6.61 Å². The molecule has 1 radical (unpaired) electrons. The maximum Gasteiger partial charge on any atom is 0.427 e. The lowest BCUT2D eigenvalue weighted by molar-refractivity contribution is 0.255. The standard InChI is InChI=1S/C2H5O4S/c1-2-6-7(3,4)5/h2H2,1H3. The highest BCUT2D eigenvalue weighted by Crippen LogP contribution is 1.82. The zero-order valence-corrected chi connectivity index (χ0v) is 4.56. The molecule has 0 bridgehead atoms. The maximum atomic E-state index is 9.45. The van der Waals surface area contributed by atoms with Crippen LogP contribution >= 0.6 is 0 Å². The van der Waals surface area contributed by atoms with Crippen molar-refractivity contribution in [3.63, 3.8) is 0 Å². The van der Waals surface area contributed by atoms with Gasteiger partial charge in [-0.05, 0) is 6.92 Å². The van der Waals surface area contributed by atoms with Crippen molar-refractivity contribution in [2.45, 2.75) is 6.92 Å². The van der Waals surface area contributed by atoms with Gasteiger partial charge in [-0.15, -0.1) is 0 Å². The highest BCUT2D eigenvalue weighted by atomic mass is 32.3. The van der Waals surface area contributed by atoms with Crippen LogP contribution in [0, 0.1) is 0 Å². The van der Waals surface area contributed by atoms with E-state index in [1.165, 1.54) is 6.92 Å². The van der Waals surface area contributed by atoms with Crippen LogP contribution in [0.1, 0.15) is 6.92 Å². The normalized spacial score (nSPS) is 11.7. The van der Waals surface area contributed by atoms with Gasteiger partial charge in [0, 0.05) is 0 Å². The van der Waals surface area contributed by atoms with Crippen LogP contribution in [0.15, 0.2) is 0 Å². The fraction of sp³-hybridized carbons (Fsp3) is 1.00. The highest BCUT2D eigenvalue weighted by Gasteiger charge is 2.01. The summed E-state index contributed by atoms with van der Waals surface area (Å²) in [5.41, 5.74) is 0. The van der Waals surface area contributed by atoms with Crippen molar-refractivity contribution >= 4 is 10.4 Å². The molecular formula is C2H5O4S. The van der Waals surface area contributed by atoms with Crippen LogP contribution in [0.3, 0.4) is 0 Å². The van der Waals surface area contributed by atoms with E-state index in [9.17, 15) is 13.0 Å². The van der Waals surface area contributed by atoms with E-state index in [1.54, 1.807) is 0 Å². The Hall–Kier alpha value is -0.130. The van der Waals surface area contributed by atoms with E-state index < -0.39 is 10.4 Å². The molecule has 0 aromatic rings. The molecule has 0 aliphatic rings. The van der Waals surface area contributed by atoms with E-state index in [4.69, 9.17) is 0 Å². The Kier molecular flexibility index (Phi) is 2.21. The Morgan fingerprint density at radius 1 is 1.57 bits per heavy atom. The molecule has 0 unspecified atom stereocenters. The first-order chi connectivity index (χ1) is 3.06. The third-order valence-electron chi connectivity index (χ3n) is 0.262. The summed E-state index contributed by atoms with van der Waals surface area (Å²) >= 11 is 0. The van der Waals surface area contributed by atoms with Crippen LogP contribution in [0.5, 0.6) is 0 Å². The average molecular weight is 125 g/mol. The van der Waals surface area contributed by atoms with Crippen molar-refractivity contribution in [1.82, 2.24) is 0 Å². The summed E-state index contributed by atoms with van der Waals surface area (Å²) in [7, 11) is -4.42. The van der Waals surface area contributed by atoms with Crippen LogP contribution in [0.4, 0.5) is 0 Å². The Bertz CT molecular complexity index is 123. The Morgan fingerprint density at radius 2 is 2.00 bits per heavy atom. The molecular weight excluding hydrogens is 120 g/mol. The van der Waals surface area contributed by atoms with E-state index in [0.29, 0.717) is 0 Å². The first-order valence-corrected chi connectivity index (χ1v) is 3.00. The number of rotatable bonds is 2. The molecule has 0 aliphatic heterocycles. The first kappa shape index (κ1) is 6.87. The largest absolute Gasteiger partial charge is 0.427 e. The van der Waals surface area contributed by atoms with Crippen molar-refractivity contribution in [1.29, 1.82) is 0 Å². The van der Waals surface area contributed by atoms with E-state index in [2.05, 4.69) is 4.18 Å². The second-order valence-corrected chi connectivity index (χ2v) is 1.87. The molecule has 0 atom stereocenters. The van der Waals surface area contributed by atoms with Crippen molar-refractivity contribution < 1.29 is 17.2 Å². The predicted octanol–water partition coefficient (Wildman–Crippen LogP) is -0.302. The van der Waals surface area contributed by atoms with Gasteiger partial charge in [0.1, 0.15) is 0 Å². The minimum atomic E-state index is -4.42. The summed E-state index contributed by atoms with van der Waals surface area (Å²) in [6.45, 7) is 1.33. The number of hydrogen-bond donors (Lipinski definition) is 0. The molecule has 0 amide bonds. The first-order valence-electron chi connectivity index (χ1n) is 1.66. The molecule has 0 aromatic heterocycles. The molecule has 0 aliphatic carbocycles. The van der Waals surface area contributed by atoms with Gasteiger partial charge in [-0.3, -0.25) is 0 Å². The van der Waals surface area contributed by atoms with Crippen LogP contribution in [0.2, 0.25) is 0 Å². The molecule has 0 spiro atoms. The fourth-order valence-electron chi connectivity index (χ4n) is 0.144. The van der Waals surface area contributed by atoms with Crippen LogP contribution in [0.25, 0.3) is 0 Å². The topological polar surface area (TPSA) is 63.3 Å². The molecule has 5 heteroatoms. The van der Waals surface area contributed by atoms with E-state index in [-0.39, 0.29) is 6.61 Å². The van der Waals surface area contributed by atoms with Crippen LogP contribution in [-0.4, -0.2) is 15.0 Å². The smallest absolute Gasteiger partial charge is 0.247 e. The molecule has 0 rings (SSSR count). The van der Waals surface area contributed by atoms with Gasteiger partial charge in [-0.1, -0.05) is 4.55 Å². The van der Waals surface area contributed by atoms with Gasteiger partial charge in [-0.25, -0.2) is 4.18 Å². The molecule has 0 saturated heterocycles. The Morgan fingerprint density at radius 3 is 2.00 bits per heavy atom. The molecule has 0 saturated carbocycles. The molecule has 0 aromatic carbocycles. The third kappa shape index (κ3) is 5.87. The number of hydrogen-bond acceptors (Lipinski definition) is 3. The van der Waals surface area contributed by atoms with Crippen molar-refractivity contribution in [3.05, 3.63) is 0 Å². The molecule has 4 nitrogen and oxygen atoms in total. The SMILES string of the molecule is CCOS([O])(=O)=O. The highest BCUT2D eigenvalue weighted by molar-refractivity contribution is 7.80. The predicted molar refractivity (Wildman–Crippen MR) is 21.2 cm³/mol. The van der Waals surface area contributed by atoms with Gasteiger partial charge in [0.2, 0.25) is 0 Å². The summed E-state index contributed by atoms with van der Waals surface area (Å²) in [5, 5.41) is 0. The fourth-order valence-corrected chi connectivity index (χ4v) is 0.433. The zero-order chi connectivity index (χ0) is 5.91. The summed E-state index contributed by atoms with van der Waals surface area (Å²) in [5.74, 6) is 0. The molecule has 0 N–H and O–H groups in total. The monoisotopic (exact) mass is 125 g/mol. The molecule has 43 valence electrons. The van der Waals surface area contributed by atoms with E-state index in [1.807, 2.05) is 0 Å². The summed E-state index contributed by atoms with van der Waals surface area (Å²) < 4.78 is 32.0. The van der Waals surface area contributed by atoms with Gasteiger partial charge in [0.25, 0.3) is 0 Å². The van der Waals surface area contributed by atoms with Gasteiger partial charge in [-0.2, -0.15) is 8.42 Å². The molecule has 0 fully saturated rings.